The highest BCUT2D eigenvalue weighted by Crippen LogP contribution is 2.46. The predicted octanol–water partition coefficient (Wildman–Crippen LogP) is 1.95. The quantitative estimate of drug-likeness (QED) is 0.807. The summed E-state index contributed by atoms with van der Waals surface area (Å²) in [6.07, 6.45) is -2.83. The van der Waals surface area contributed by atoms with E-state index in [4.69, 9.17) is 0 Å². The maximum Gasteiger partial charge on any atom is 0.416 e. The molecule has 2 bridgehead atoms. The second kappa shape index (κ2) is 4.32. The molecule has 4 rings (SSSR count). The molecule has 1 aromatic rings. The van der Waals surface area contributed by atoms with Crippen LogP contribution in [0.2, 0.25) is 0 Å². The maximum absolute atomic E-state index is 12.8. The van der Waals surface area contributed by atoms with E-state index < -0.39 is 23.6 Å². The van der Waals surface area contributed by atoms with Crippen LogP contribution in [0.5, 0.6) is 0 Å². The second-order valence-corrected chi connectivity index (χ2v) is 6.07. The molecule has 3 aliphatic heterocycles. The summed E-state index contributed by atoms with van der Waals surface area (Å²) in [5.41, 5.74) is -0.845. The first-order valence-electron chi connectivity index (χ1n) is 7.19. The molecular weight excluding hydrogens is 297 g/mol. The number of nitrogens with zero attached hydrogens (tertiary/aromatic N) is 1. The van der Waals surface area contributed by atoms with Crippen molar-refractivity contribution in [3.05, 3.63) is 29.8 Å². The van der Waals surface area contributed by atoms with Crippen molar-refractivity contribution in [3.63, 3.8) is 0 Å². The molecule has 4 atom stereocenters. The molecule has 0 saturated carbocycles. The molecule has 0 radical (unpaired) electrons. The summed E-state index contributed by atoms with van der Waals surface area (Å²) >= 11 is 0. The van der Waals surface area contributed by atoms with E-state index in [1.54, 1.807) is 0 Å². The predicted molar refractivity (Wildman–Crippen MR) is 70.9 cm³/mol. The lowest BCUT2D eigenvalue weighted by molar-refractivity contribution is -0.137. The first kappa shape index (κ1) is 13.8. The Bertz CT molecular complexity index is 645. The van der Waals surface area contributed by atoms with E-state index in [9.17, 15) is 22.8 Å². The van der Waals surface area contributed by atoms with E-state index in [1.165, 1.54) is 12.1 Å². The van der Waals surface area contributed by atoms with Crippen LogP contribution in [0.1, 0.15) is 18.4 Å². The number of rotatable bonds is 1. The van der Waals surface area contributed by atoms with Crippen molar-refractivity contribution < 1.29 is 22.8 Å². The summed E-state index contributed by atoms with van der Waals surface area (Å²) in [7, 11) is 0. The second-order valence-electron chi connectivity index (χ2n) is 6.07. The third-order valence-corrected chi connectivity index (χ3v) is 4.91. The molecule has 7 heteroatoms. The first-order valence-corrected chi connectivity index (χ1v) is 7.19. The molecular formula is C15H13F3N2O2. The molecule has 4 nitrogen and oxygen atoms in total. The smallest absolute Gasteiger partial charge is 0.310 e. The van der Waals surface area contributed by atoms with Gasteiger partial charge >= 0.3 is 6.18 Å². The Hall–Kier alpha value is -1.89. The maximum atomic E-state index is 12.8. The van der Waals surface area contributed by atoms with Crippen molar-refractivity contribution in [2.45, 2.75) is 31.1 Å². The average molecular weight is 310 g/mol. The van der Waals surface area contributed by atoms with Gasteiger partial charge in [-0.05, 0) is 31.0 Å². The zero-order valence-electron chi connectivity index (χ0n) is 11.4. The fourth-order valence-corrected chi connectivity index (χ4v) is 4.00. The lowest BCUT2D eigenvalue weighted by Crippen LogP contribution is -2.38. The summed E-state index contributed by atoms with van der Waals surface area (Å²) in [5.74, 6) is -1.62. The van der Waals surface area contributed by atoms with Gasteiger partial charge in [-0.3, -0.25) is 9.59 Å². The van der Waals surface area contributed by atoms with Gasteiger partial charge in [0.25, 0.3) is 0 Å². The highest BCUT2D eigenvalue weighted by Gasteiger charge is 2.61. The van der Waals surface area contributed by atoms with E-state index in [0.717, 1.165) is 29.9 Å². The van der Waals surface area contributed by atoms with Crippen LogP contribution in [-0.4, -0.2) is 23.9 Å². The van der Waals surface area contributed by atoms with Gasteiger partial charge in [0.05, 0.1) is 23.1 Å². The van der Waals surface area contributed by atoms with Crippen molar-refractivity contribution in [2.75, 3.05) is 4.90 Å². The van der Waals surface area contributed by atoms with E-state index in [0.29, 0.717) is 0 Å². The minimum absolute atomic E-state index is 0.0126. The summed E-state index contributed by atoms with van der Waals surface area (Å²) in [6.45, 7) is 0. The molecule has 3 fully saturated rings. The molecule has 3 aliphatic rings. The van der Waals surface area contributed by atoms with Gasteiger partial charge in [0.1, 0.15) is 0 Å². The third-order valence-electron chi connectivity index (χ3n) is 4.91. The number of hydrogen-bond acceptors (Lipinski definition) is 3. The number of halogens is 3. The number of hydrogen-bond donors (Lipinski definition) is 1. The third kappa shape index (κ3) is 1.75. The summed E-state index contributed by atoms with van der Waals surface area (Å²) in [6, 6.07) is 4.35. The molecule has 0 aliphatic carbocycles. The number of amides is 2. The molecule has 0 aromatic heterocycles. The Labute approximate surface area is 124 Å². The Kier molecular flexibility index (Phi) is 2.70. The highest BCUT2D eigenvalue weighted by molar-refractivity contribution is 6.23. The van der Waals surface area contributed by atoms with Crippen LogP contribution in [-0.2, 0) is 15.8 Å². The number of alkyl halides is 3. The van der Waals surface area contributed by atoms with Gasteiger partial charge in [-0.1, -0.05) is 6.07 Å². The number of benzene rings is 1. The van der Waals surface area contributed by atoms with Crippen LogP contribution in [0, 0.1) is 11.8 Å². The summed E-state index contributed by atoms with van der Waals surface area (Å²) in [5, 5.41) is 3.25. The van der Waals surface area contributed by atoms with E-state index in [-0.39, 0.29) is 29.6 Å². The Morgan fingerprint density at radius 3 is 2.18 bits per heavy atom. The minimum atomic E-state index is -4.50. The summed E-state index contributed by atoms with van der Waals surface area (Å²) in [4.78, 5) is 26.0. The number of anilines is 1. The van der Waals surface area contributed by atoms with Crippen LogP contribution >= 0.6 is 0 Å². The molecule has 0 spiro atoms. The van der Waals surface area contributed by atoms with Crippen molar-refractivity contribution in [1.82, 2.24) is 5.32 Å². The van der Waals surface area contributed by atoms with Crippen LogP contribution < -0.4 is 10.2 Å². The first-order chi connectivity index (χ1) is 10.4. The Morgan fingerprint density at radius 2 is 1.64 bits per heavy atom. The van der Waals surface area contributed by atoms with E-state index in [1.807, 2.05) is 0 Å². The lowest BCUT2D eigenvalue weighted by Gasteiger charge is -2.19. The number of nitrogens with one attached hydrogen (secondary N) is 1. The van der Waals surface area contributed by atoms with Crippen molar-refractivity contribution in [3.8, 4) is 0 Å². The van der Waals surface area contributed by atoms with Crippen molar-refractivity contribution in [2.24, 2.45) is 11.8 Å². The highest BCUT2D eigenvalue weighted by atomic mass is 19.4. The molecule has 3 heterocycles. The van der Waals surface area contributed by atoms with E-state index in [2.05, 4.69) is 5.32 Å². The molecule has 22 heavy (non-hydrogen) atoms. The lowest BCUT2D eigenvalue weighted by atomic mass is 9.81. The number of carbonyl (C=O) groups excluding carboxylic acids is 2. The minimum Gasteiger partial charge on any atom is -0.310 e. The Morgan fingerprint density at radius 1 is 1.05 bits per heavy atom. The summed E-state index contributed by atoms with van der Waals surface area (Å²) < 4.78 is 38.4. The van der Waals surface area contributed by atoms with Gasteiger partial charge in [-0.25, -0.2) is 4.90 Å². The van der Waals surface area contributed by atoms with Crippen molar-refractivity contribution >= 4 is 17.5 Å². The van der Waals surface area contributed by atoms with Gasteiger partial charge in [-0.2, -0.15) is 13.2 Å². The zero-order valence-corrected chi connectivity index (χ0v) is 11.4. The van der Waals surface area contributed by atoms with Crippen LogP contribution in [0.4, 0.5) is 18.9 Å². The van der Waals surface area contributed by atoms with E-state index >= 15 is 0 Å². The van der Waals surface area contributed by atoms with Gasteiger partial charge in [0.2, 0.25) is 11.8 Å². The standard InChI is InChI=1S/C15H13F3N2O2/c16-15(17,18)7-2-1-3-8(6-7)20-13(21)11-9-4-5-10(19-9)12(11)14(20)22/h1-3,6,9-12,19H,4-5H2/t9-,10+,11+,12-. The SMILES string of the molecule is O=C1[C@@H]2[C@H](C(=O)N1c1cccc(C(F)(F)F)c1)[C@@H]1CC[C@H]2N1. The van der Waals surface area contributed by atoms with Crippen LogP contribution in [0.15, 0.2) is 24.3 Å². The number of fused-ring (bicyclic) bond motifs is 5. The van der Waals surface area contributed by atoms with Crippen LogP contribution in [0.25, 0.3) is 0 Å². The van der Waals surface area contributed by atoms with Gasteiger partial charge in [0, 0.05) is 12.1 Å². The topological polar surface area (TPSA) is 49.4 Å². The fraction of sp³-hybridized carbons (Fsp3) is 0.467. The Balaban J connectivity index is 1.72. The zero-order chi connectivity index (χ0) is 15.6. The molecule has 1 aromatic carbocycles. The van der Waals surface area contributed by atoms with Crippen molar-refractivity contribution in [1.29, 1.82) is 0 Å². The van der Waals surface area contributed by atoms with Crippen LogP contribution in [0.3, 0.4) is 0 Å². The van der Waals surface area contributed by atoms with Gasteiger partial charge < -0.3 is 5.32 Å². The monoisotopic (exact) mass is 310 g/mol. The molecule has 2 amide bonds. The number of carbonyl (C=O) groups is 2. The fourth-order valence-electron chi connectivity index (χ4n) is 4.00. The normalized spacial score (nSPS) is 33.7. The number of imide groups is 1. The average Bonchev–Trinajstić information content (AvgIpc) is 3.12. The largest absolute Gasteiger partial charge is 0.416 e. The van der Waals surface area contributed by atoms with Gasteiger partial charge in [-0.15, -0.1) is 0 Å². The molecule has 116 valence electrons. The molecule has 0 unspecified atom stereocenters. The van der Waals surface area contributed by atoms with Gasteiger partial charge in [0.15, 0.2) is 0 Å². The molecule has 1 N–H and O–H groups in total. The molecule has 3 saturated heterocycles.